The number of fused-ring (bicyclic) bond motifs is 2. The second-order valence-electron chi connectivity index (χ2n) is 25.7. The number of non-ortho nitro benzene ring substituents is 1. The number of ketones is 2. The number of nitrogens with zero attached hydrogens (tertiary/aromatic N) is 11. The average molecular weight is 1770 g/mol. The number of anilines is 2. The zero-order chi connectivity index (χ0) is 90.1. The molecular formula is C79H76ClFN16O23S3. The summed E-state index contributed by atoms with van der Waals surface area (Å²) >= 11 is 13.0. The van der Waals surface area contributed by atoms with Gasteiger partial charge in [-0.25, -0.2) is 39.2 Å². The Morgan fingerprint density at radius 2 is 1.46 bits per heavy atom. The molecule has 11 aromatic rings. The molecule has 1 aliphatic heterocycles. The van der Waals surface area contributed by atoms with E-state index in [1.807, 2.05) is 48.7 Å². The second-order valence-corrected chi connectivity index (χ2v) is 28.8. The first kappa shape index (κ1) is 95.4. The van der Waals surface area contributed by atoms with Crippen molar-refractivity contribution in [1.82, 2.24) is 54.2 Å². The summed E-state index contributed by atoms with van der Waals surface area (Å²) in [6.45, 7) is 5.59. The van der Waals surface area contributed by atoms with Crippen LogP contribution < -0.4 is 32.0 Å². The molecular weight excluding hydrogens is 1690 g/mol. The molecule has 0 aliphatic carbocycles. The predicted molar refractivity (Wildman–Crippen MR) is 452 cm³/mol. The number of oxazole rings is 1. The second kappa shape index (κ2) is 46.6. The van der Waals surface area contributed by atoms with Gasteiger partial charge in [0.1, 0.15) is 27.9 Å². The predicted octanol–water partition coefficient (Wildman–Crippen LogP) is 10.6. The monoisotopic (exact) mass is 1770 g/mol. The van der Waals surface area contributed by atoms with Crippen LogP contribution in [0.1, 0.15) is 99.4 Å². The molecule has 0 atom stereocenters. The highest BCUT2D eigenvalue weighted by molar-refractivity contribution is 8.26. The van der Waals surface area contributed by atoms with E-state index in [0.29, 0.717) is 72.9 Å². The number of aromatic carboxylic acids is 1. The van der Waals surface area contributed by atoms with Crippen LogP contribution in [-0.2, 0) is 78.4 Å². The molecule has 0 unspecified atom stereocenters. The Labute approximate surface area is 713 Å². The highest BCUT2D eigenvalue weighted by Crippen LogP contribution is 2.35. The number of carboxylic acids is 5. The van der Waals surface area contributed by atoms with E-state index < -0.39 is 75.7 Å². The molecule has 1 fully saturated rings. The molecule has 3 amide bonds. The molecule has 642 valence electrons. The number of aliphatic carboxylic acids is 4. The number of nitrogens with one attached hydrogen (secondary N) is 5. The summed E-state index contributed by atoms with van der Waals surface area (Å²) in [5.41, 5.74) is 8.87. The van der Waals surface area contributed by atoms with Crippen LogP contribution >= 0.6 is 47.3 Å². The minimum atomic E-state index is -1.16. The number of halogens is 2. The van der Waals surface area contributed by atoms with Crippen LogP contribution in [0.5, 0.6) is 5.75 Å². The van der Waals surface area contributed by atoms with Crippen LogP contribution in [0, 0.1) is 39.9 Å². The van der Waals surface area contributed by atoms with Crippen LogP contribution in [0.4, 0.5) is 27.1 Å². The van der Waals surface area contributed by atoms with Gasteiger partial charge in [-0.2, -0.15) is 10.2 Å². The number of hydrogen-bond donors (Lipinski definition) is 10. The molecule has 44 heteroatoms. The number of rotatable bonds is 31. The van der Waals surface area contributed by atoms with Crippen molar-refractivity contribution in [3.05, 3.63) is 260 Å². The Balaban J connectivity index is 0.000000204. The topological polar surface area (TPSA) is 564 Å². The van der Waals surface area contributed by atoms with Gasteiger partial charge in [-0.1, -0.05) is 102 Å². The quantitative estimate of drug-likeness (QED) is 0.00367. The lowest BCUT2D eigenvalue weighted by molar-refractivity contribution is -0.385. The Morgan fingerprint density at radius 1 is 0.764 bits per heavy atom. The van der Waals surface area contributed by atoms with Gasteiger partial charge >= 0.3 is 35.5 Å². The van der Waals surface area contributed by atoms with E-state index in [9.17, 15) is 82.2 Å². The largest absolute Gasteiger partial charge is 0.481 e. The minimum absolute atomic E-state index is 0.000942. The van der Waals surface area contributed by atoms with Crippen molar-refractivity contribution in [3.63, 3.8) is 0 Å². The Kier molecular flexibility index (Phi) is 36.1. The number of carbonyl (C=O) groups excluding carboxylic acids is 5. The molecule has 0 bridgehead atoms. The number of aromatic amines is 2. The highest BCUT2D eigenvalue weighted by Gasteiger charge is 2.32. The fraction of sp³-hybridized carbons (Fsp3) is 0.215. The SMILES string of the molecule is CC(=O)Cc1coc(CC(=O)c2cccc(Cl)c2)n1.Cc1n[nH]c(C)c1CCC(=O)N/N=C\c1ccccc1OCC(=O)O.Cn1c(SCC(=O)O)nc2c1c(=O)[nH]c(=O)n2C.O=C(O)CCC(=O)Nc1cc([N+](=O)[O-])ccc1F.O=C(O)CCCN1C(=O)/C(=C/c2ccccc2[N+](=O)[O-])SC1=S.O=C(O)c1cccc(NCn2cnc3ccccc32)c1. The summed E-state index contributed by atoms with van der Waals surface area (Å²) in [4.78, 5) is 171. The first-order chi connectivity index (χ1) is 58.5. The van der Waals surface area contributed by atoms with E-state index >= 15 is 0 Å². The minimum Gasteiger partial charge on any atom is -0.481 e. The number of carboxylic acid groups (broad SMARTS) is 5. The van der Waals surface area contributed by atoms with Crippen LogP contribution in [0.3, 0.4) is 0 Å². The summed E-state index contributed by atoms with van der Waals surface area (Å²) in [5, 5.41) is 81.7. The third-order valence-electron chi connectivity index (χ3n) is 16.6. The summed E-state index contributed by atoms with van der Waals surface area (Å²) in [7, 11) is 3.08. The third kappa shape index (κ3) is 29.9. The maximum Gasteiger partial charge on any atom is 0.341 e. The van der Waals surface area contributed by atoms with E-state index in [4.69, 9.17) is 58.5 Å². The molecule has 1 saturated heterocycles. The number of benzene rings is 6. The van der Waals surface area contributed by atoms with Crippen LogP contribution in [0.15, 0.2) is 181 Å². The number of aromatic nitrogens is 9. The number of thioether (sulfide) groups is 2. The van der Waals surface area contributed by atoms with Gasteiger partial charge in [0.25, 0.3) is 22.8 Å². The number of H-pyrrole nitrogens is 2. The Bertz CT molecular complexity index is 5960. The van der Waals surface area contributed by atoms with Gasteiger partial charge in [-0.05, 0) is 112 Å². The lowest BCUT2D eigenvalue weighted by Gasteiger charge is -2.13. The maximum atomic E-state index is 13.2. The number of carbonyl (C=O) groups is 10. The van der Waals surface area contributed by atoms with Crippen molar-refractivity contribution < 1.29 is 96.9 Å². The molecule has 39 nitrogen and oxygen atoms in total. The number of aryl methyl sites for hydroxylation is 4. The molecule has 12 rings (SSSR count). The molecule has 0 radical (unpaired) electrons. The van der Waals surface area contributed by atoms with Crippen molar-refractivity contribution >= 4 is 168 Å². The first-order valence-corrected chi connectivity index (χ1v) is 38.7. The van der Waals surface area contributed by atoms with E-state index in [1.54, 1.807) is 98.3 Å². The molecule has 6 aromatic carbocycles. The molecule has 0 spiro atoms. The van der Waals surface area contributed by atoms with Crippen LogP contribution in [-0.4, -0.2) is 173 Å². The van der Waals surface area contributed by atoms with Gasteiger partial charge in [0.2, 0.25) is 17.7 Å². The number of para-hydroxylation sites is 4. The molecule has 123 heavy (non-hydrogen) atoms. The normalized spacial score (nSPS) is 11.6. The smallest absolute Gasteiger partial charge is 0.341 e. The number of Topliss-reactive ketones (excluding diaryl/α,β-unsaturated/α-hetero) is 2. The first-order valence-electron chi connectivity index (χ1n) is 36.1. The van der Waals surface area contributed by atoms with Gasteiger partial charge in [0.15, 0.2) is 28.7 Å². The fourth-order valence-electron chi connectivity index (χ4n) is 10.7. The molecule has 10 N–H and O–H groups in total. The number of imidazole rings is 2. The van der Waals surface area contributed by atoms with Gasteiger partial charge in [0, 0.05) is 85.6 Å². The van der Waals surface area contributed by atoms with Gasteiger partial charge in [-0.15, -0.1) is 0 Å². The van der Waals surface area contributed by atoms with Gasteiger partial charge in [0.05, 0.1) is 98.2 Å². The Morgan fingerprint density at radius 3 is 2.12 bits per heavy atom. The van der Waals surface area contributed by atoms with E-state index in [-0.39, 0.29) is 102 Å². The number of hydrazone groups is 1. The van der Waals surface area contributed by atoms with Crippen molar-refractivity contribution in [2.24, 2.45) is 19.2 Å². The number of hydrogen-bond acceptors (Lipinski definition) is 27. The lowest BCUT2D eigenvalue weighted by Crippen LogP contribution is -2.29. The number of ether oxygens (including phenoxy) is 1. The highest BCUT2D eigenvalue weighted by atomic mass is 35.5. The van der Waals surface area contributed by atoms with E-state index in [1.165, 1.54) is 52.6 Å². The lowest BCUT2D eigenvalue weighted by atomic mass is 10.1. The number of thiocarbonyl (C=S) groups is 1. The molecule has 5 aromatic heterocycles. The average Bonchev–Trinajstić information content (AvgIpc) is 1.62. The summed E-state index contributed by atoms with van der Waals surface area (Å²) < 4.78 is 28.6. The summed E-state index contributed by atoms with van der Waals surface area (Å²) in [6.07, 6.45) is 6.66. The summed E-state index contributed by atoms with van der Waals surface area (Å²) in [6, 6.07) is 36.9. The van der Waals surface area contributed by atoms with E-state index in [2.05, 4.69) is 51.3 Å². The van der Waals surface area contributed by atoms with Gasteiger partial charge in [-0.3, -0.25) is 82.9 Å². The molecule has 0 saturated carbocycles. The number of nitro benzene ring substituents is 2. The Hall–Kier alpha value is -14.7. The molecule has 6 heterocycles. The van der Waals surface area contributed by atoms with Crippen molar-refractivity contribution in [3.8, 4) is 5.75 Å². The maximum absolute atomic E-state index is 13.2. The van der Waals surface area contributed by atoms with Gasteiger partial charge < -0.3 is 54.5 Å². The van der Waals surface area contributed by atoms with Crippen LogP contribution in [0.25, 0.3) is 28.3 Å². The number of nitro groups is 2. The number of amides is 3. The zero-order valence-corrected chi connectivity index (χ0v) is 68.8. The van der Waals surface area contributed by atoms with Crippen molar-refractivity contribution in [2.75, 3.05) is 29.5 Å². The summed E-state index contributed by atoms with van der Waals surface area (Å²) in [5.74, 6) is -6.81. The van der Waals surface area contributed by atoms with Crippen LogP contribution in [0.2, 0.25) is 5.02 Å². The van der Waals surface area contributed by atoms with Crippen molar-refractivity contribution in [1.29, 1.82) is 0 Å². The standard InChI is InChI=1S/C17H20N4O4.C15H13N3O2.C14H12ClNO3.C14H12N2O5S2.C10H9FN2O5.C9H10N4O4S/c1-11-14(12(2)20-19-11)7-8-16(22)21-18-9-13-5-3-4-6-15(13)25-10-17(23)24;19-15(20)11-4-3-5-12(8-11)16-9-18-10-17-13-6-1-2-7-14(13)18;1-9(17)5-12-8-19-14(16-12)7-13(18)10-3-2-4-11(15)6-10;17-12(18)6-3-7-15-13(19)11(23-14(15)22)8-9-4-1-2-5-10(9)16(20)21;11-7-2-1-6(13(17)18)5-8(7)12-9(14)3-4-10(15)16;1-12-5-6(10-9(12)18-3-4(14)15)13(2)8(17)11-7(5)16/h3-6,9H,7-8,10H2,1-2H3,(H,19,20)(H,21,22)(H,23,24);1-8,10,16H,9H2,(H,19,20);2-4,6,8H,5,7H2,1H3;1-2,4-5,8H,3,6-7H2,(H,17,18);1-2,5H,3-4H2,(H,12,14)(H,15,16);3H2,1-2H3,(H,14,15)(H,11,16,17)/b18-9-;;;11-8-;;. The zero-order valence-electron chi connectivity index (χ0n) is 65.6. The van der Waals surface area contributed by atoms with Crippen molar-refractivity contribution in [2.45, 2.75) is 84.0 Å². The van der Waals surface area contributed by atoms with E-state index in [0.717, 1.165) is 75.4 Å². The molecule has 1 aliphatic rings. The fourth-order valence-corrected chi connectivity index (χ4v) is 12.9. The third-order valence-corrected chi connectivity index (χ3v) is 19.2.